The van der Waals surface area contributed by atoms with Crippen LogP contribution in [0.1, 0.15) is 33.5 Å². The number of benzene rings is 1. The van der Waals surface area contributed by atoms with Gasteiger partial charge in [0.15, 0.2) is 5.76 Å². The number of aromatic nitrogens is 2. The number of ether oxygens (including phenoxy) is 2. The molecule has 0 aliphatic heterocycles. The van der Waals surface area contributed by atoms with Crippen LogP contribution in [0.2, 0.25) is 0 Å². The number of carbonyl (C=O) groups excluding carboxylic acids is 1. The van der Waals surface area contributed by atoms with Crippen molar-refractivity contribution in [2.75, 3.05) is 14.2 Å². The van der Waals surface area contributed by atoms with Crippen LogP contribution in [0.4, 0.5) is 0 Å². The predicted molar refractivity (Wildman–Crippen MR) is 95.5 cm³/mol. The number of furan rings is 1. The van der Waals surface area contributed by atoms with Gasteiger partial charge in [-0.3, -0.25) is 4.79 Å². The van der Waals surface area contributed by atoms with Crippen LogP contribution in [0.25, 0.3) is 0 Å². The Morgan fingerprint density at radius 1 is 1.23 bits per heavy atom. The van der Waals surface area contributed by atoms with Crippen LogP contribution in [0.3, 0.4) is 0 Å². The highest BCUT2D eigenvalue weighted by atomic mass is 16.5. The van der Waals surface area contributed by atoms with Gasteiger partial charge >= 0.3 is 0 Å². The lowest BCUT2D eigenvalue weighted by molar-refractivity contribution is 0.0912. The van der Waals surface area contributed by atoms with E-state index in [1.807, 2.05) is 36.9 Å². The lowest BCUT2D eigenvalue weighted by atomic mass is 10.0. The Bertz CT molecular complexity index is 891. The molecule has 2 aromatic heterocycles. The number of amides is 1. The molecule has 0 unspecified atom stereocenters. The summed E-state index contributed by atoms with van der Waals surface area (Å²) in [5, 5.41) is 3.00. The van der Waals surface area contributed by atoms with Crippen LogP contribution in [0, 0.1) is 6.92 Å². The lowest BCUT2D eigenvalue weighted by Gasteiger charge is -2.20. The molecule has 136 valence electrons. The van der Waals surface area contributed by atoms with E-state index >= 15 is 0 Å². The van der Waals surface area contributed by atoms with E-state index in [1.54, 1.807) is 32.5 Å². The predicted octanol–water partition coefficient (Wildman–Crippen LogP) is 2.86. The van der Waals surface area contributed by atoms with Crippen molar-refractivity contribution in [3.8, 4) is 11.5 Å². The fourth-order valence-corrected chi connectivity index (χ4v) is 2.75. The van der Waals surface area contributed by atoms with Gasteiger partial charge in [-0.2, -0.15) is 0 Å². The normalized spacial score (nSPS) is 11.8. The van der Waals surface area contributed by atoms with Crippen molar-refractivity contribution in [2.24, 2.45) is 7.05 Å². The van der Waals surface area contributed by atoms with Crippen molar-refractivity contribution >= 4 is 5.91 Å². The van der Waals surface area contributed by atoms with E-state index in [9.17, 15) is 4.79 Å². The summed E-state index contributed by atoms with van der Waals surface area (Å²) >= 11 is 0. The highest BCUT2D eigenvalue weighted by Gasteiger charge is 2.24. The molecule has 0 spiro atoms. The molecule has 1 amide bonds. The van der Waals surface area contributed by atoms with Gasteiger partial charge in [-0.25, -0.2) is 4.98 Å². The van der Waals surface area contributed by atoms with Gasteiger partial charge < -0.3 is 23.8 Å². The summed E-state index contributed by atoms with van der Waals surface area (Å²) < 4.78 is 17.9. The third kappa shape index (κ3) is 3.42. The Kier molecular flexibility index (Phi) is 4.97. The molecule has 0 fully saturated rings. The smallest absolute Gasteiger partial charge is 0.288 e. The van der Waals surface area contributed by atoms with Crippen molar-refractivity contribution in [3.05, 3.63) is 65.6 Å². The number of nitrogens with one attached hydrogen (secondary N) is 1. The van der Waals surface area contributed by atoms with Gasteiger partial charge in [-0.1, -0.05) is 0 Å². The molecule has 0 saturated carbocycles. The fraction of sp³-hybridized carbons (Fsp3) is 0.263. The second kappa shape index (κ2) is 7.35. The second-order valence-corrected chi connectivity index (χ2v) is 5.88. The molecule has 26 heavy (non-hydrogen) atoms. The molecule has 3 aromatic rings. The summed E-state index contributed by atoms with van der Waals surface area (Å²) in [5.41, 5.74) is 1.55. The topological polar surface area (TPSA) is 78.5 Å². The summed E-state index contributed by atoms with van der Waals surface area (Å²) in [6, 6.07) is 6.71. The van der Waals surface area contributed by atoms with Gasteiger partial charge in [0, 0.05) is 31.1 Å². The first-order chi connectivity index (χ1) is 12.5. The zero-order valence-electron chi connectivity index (χ0n) is 15.1. The number of hydrogen-bond donors (Lipinski definition) is 1. The van der Waals surface area contributed by atoms with Gasteiger partial charge in [0.2, 0.25) is 0 Å². The molecule has 0 radical (unpaired) electrons. The molecule has 1 atom stereocenters. The Hall–Kier alpha value is -3.22. The van der Waals surface area contributed by atoms with Crippen LogP contribution in [-0.2, 0) is 7.05 Å². The van der Waals surface area contributed by atoms with Gasteiger partial charge in [-0.05, 0) is 30.7 Å². The maximum atomic E-state index is 12.7. The zero-order valence-corrected chi connectivity index (χ0v) is 15.1. The Labute approximate surface area is 151 Å². The first-order valence-electron chi connectivity index (χ1n) is 8.08. The zero-order chi connectivity index (χ0) is 18.7. The monoisotopic (exact) mass is 355 g/mol. The molecule has 1 N–H and O–H groups in total. The van der Waals surface area contributed by atoms with E-state index < -0.39 is 6.04 Å². The average molecular weight is 355 g/mol. The quantitative estimate of drug-likeness (QED) is 0.736. The van der Waals surface area contributed by atoms with Crippen molar-refractivity contribution < 1.29 is 18.7 Å². The summed E-state index contributed by atoms with van der Waals surface area (Å²) in [4.78, 5) is 17.1. The van der Waals surface area contributed by atoms with Crippen molar-refractivity contribution in [3.63, 3.8) is 0 Å². The van der Waals surface area contributed by atoms with E-state index in [0.717, 1.165) is 11.1 Å². The van der Waals surface area contributed by atoms with E-state index in [4.69, 9.17) is 13.9 Å². The second-order valence-electron chi connectivity index (χ2n) is 5.88. The molecule has 7 nitrogen and oxygen atoms in total. The molecule has 2 heterocycles. The van der Waals surface area contributed by atoms with Crippen LogP contribution >= 0.6 is 0 Å². The Balaban J connectivity index is 2.03. The van der Waals surface area contributed by atoms with Crippen LogP contribution in [0.5, 0.6) is 11.5 Å². The number of rotatable bonds is 6. The lowest BCUT2D eigenvalue weighted by Crippen LogP contribution is -2.31. The van der Waals surface area contributed by atoms with Crippen LogP contribution in [-0.4, -0.2) is 29.7 Å². The maximum Gasteiger partial charge on any atom is 0.288 e. The largest absolute Gasteiger partial charge is 0.497 e. The number of hydrogen-bond acceptors (Lipinski definition) is 5. The molecule has 1 aromatic carbocycles. The maximum absolute atomic E-state index is 12.7. The highest BCUT2D eigenvalue weighted by Crippen LogP contribution is 2.29. The Morgan fingerprint density at radius 3 is 2.42 bits per heavy atom. The average Bonchev–Trinajstić information content (AvgIpc) is 3.27. The summed E-state index contributed by atoms with van der Waals surface area (Å²) in [5.74, 6) is 1.89. The minimum atomic E-state index is -0.504. The third-order valence-electron chi connectivity index (χ3n) is 4.17. The summed E-state index contributed by atoms with van der Waals surface area (Å²) in [7, 11) is 5.04. The number of imidazole rings is 1. The van der Waals surface area contributed by atoms with Gasteiger partial charge in [0.25, 0.3) is 5.91 Å². The first-order valence-corrected chi connectivity index (χ1v) is 8.08. The molecule has 3 rings (SSSR count). The molecule has 0 bridgehead atoms. The third-order valence-corrected chi connectivity index (χ3v) is 4.17. The fourth-order valence-electron chi connectivity index (χ4n) is 2.75. The first kappa shape index (κ1) is 17.6. The standard InChI is InChI=1S/C19H21N3O4/c1-12-5-8-26-17(12)19(23)21-16(18-20-6-7-22(18)2)13-9-14(24-3)11-15(10-13)25-4/h5-11,16H,1-4H3,(H,21,23)/t16-/m0/s1. The van der Waals surface area contributed by atoms with Gasteiger partial charge in [-0.15, -0.1) is 0 Å². The number of aryl methyl sites for hydroxylation is 2. The highest BCUT2D eigenvalue weighted by molar-refractivity contribution is 5.93. The van der Waals surface area contributed by atoms with Crippen molar-refractivity contribution in [2.45, 2.75) is 13.0 Å². The van der Waals surface area contributed by atoms with E-state index in [2.05, 4.69) is 10.3 Å². The minimum absolute atomic E-state index is 0.277. The van der Waals surface area contributed by atoms with Gasteiger partial charge in [0.05, 0.1) is 20.5 Å². The Morgan fingerprint density at radius 2 is 1.92 bits per heavy atom. The summed E-state index contributed by atoms with van der Waals surface area (Å²) in [6.45, 7) is 1.82. The van der Waals surface area contributed by atoms with Crippen LogP contribution in [0.15, 0.2) is 47.3 Å². The molecular weight excluding hydrogens is 334 g/mol. The van der Waals surface area contributed by atoms with E-state index in [1.165, 1.54) is 6.26 Å². The minimum Gasteiger partial charge on any atom is -0.497 e. The molecular formula is C19H21N3O4. The molecule has 0 aliphatic carbocycles. The number of methoxy groups -OCH3 is 2. The van der Waals surface area contributed by atoms with E-state index in [-0.39, 0.29) is 11.7 Å². The van der Waals surface area contributed by atoms with Crippen molar-refractivity contribution in [1.29, 1.82) is 0 Å². The molecule has 7 heteroatoms. The SMILES string of the molecule is COc1cc(OC)cc([C@H](NC(=O)c2occc2C)c2nccn2C)c1. The van der Waals surface area contributed by atoms with Crippen molar-refractivity contribution in [1.82, 2.24) is 14.9 Å². The molecule has 0 saturated heterocycles. The van der Waals surface area contributed by atoms with E-state index in [0.29, 0.717) is 17.3 Å². The number of carbonyl (C=O) groups is 1. The molecule has 0 aliphatic rings. The van der Waals surface area contributed by atoms with Gasteiger partial charge in [0.1, 0.15) is 23.4 Å². The van der Waals surface area contributed by atoms with Crippen LogP contribution < -0.4 is 14.8 Å². The number of nitrogens with zero attached hydrogens (tertiary/aromatic N) is 2. The summed E-state index contributed by atoms with van der Waals surface area (Å²) in [6.07, 6.45) is 5.00.